The third-order valence-electron chi connectivity index (χ3n) is 4.49. The molecule has 0 amide bonds. The van der Waals surface area contributed by atoms with Crippen molar-refractivity contribution in [2.45, 2.75) is 52.4 Å². The second kappa shape index (κ2) is 10.6. The molecule has 0 spiro atoms. The lowest BCUT2D eigenvalue weighted by Crippen LogP contribution is -2.23. The molecule has 27 heavy (non-hydrogen) atoms. The van der Waals surface area contributed by atoms with Gasteiger partial charge in [0.15, 0.2) is 0 Å². The monoisotopic (exact) mass is 400 g/mol. The lowest BCUT2D eigenvalue weighted by molar-refractivity contribution is 0.493. The zero-order valence-electron chi connectivity index (χ0n) is 16.1. The van der Waals surface area contributed by atoms with E-state index in [2.05, 4.69) is 19.9 Å². The second-order valence-electron chi connectivity index (χ2n) is 6.64. The Labute approximate surface area is 166 Å². The zero-order chi connectivity index (χ0) is 19.7. The van der Waals surface area contributed by atoms with Crippen LogP contribution in [0, 0.1) is 0 Å². The van der Waals surface area contributed by atoms with Crippen LogP contribution in [-0.4, -0.2) is 22.5 Å². The summed E-state index contributed by atoms with van der Waals surface area (Å²) in [5.41, 5.74) is 2.90. The summed E-state index contributed by atoms with van der Waals surface area (Å²) >= 11 is 0. The normalized spacial score (nSPS) is 12.7. The number of unbranched alkanes of at least 4 members (excludes halogenated alkanes) is 2. The third kappa shape index (κ3) is 6.45. The van der Waals surface area contributed by atoms with Crippen LogP contribution in [0.4, 0.5) is 0 Å². The molecule has 5 heteroatoms. The molecule has 0 aromatic heterocycles. The van der Waals surface area contributed by atoms with Crippen LogP contribution in [-0.2, 0) is 16.5 Å². The van der Waals surface area contributed by atoms with Gasteiger partial charge in [-0.2, -0.15) is 8.42 Å². The molecule has 1 N–H and O–H groups in total. The second-order valence-corrected chi connectivity index (χ2v) is 9.69. The fraction of sp³-hybridized carbons (Fsp3) is 0.364. The molecule has 3 nitrogen and oxygen atoms in total. The Morgan fingerprint density at radius 3 is 2.19 bits per heavy atom. The molecule has 2 aromatic rings. The molecule has 2 rings (SSSR count). The van der Waals surface area contributed by atoms with E-state index in [0.717, 1.165) is 54.0 Å². The molecule has 0 aliphatic carbocycles. The minimum atomic E-state index is -4.29. The Morgan fingerprint density at radius 2 is 1.56 bits per heavy atom. The van der Waals surface area contributed by atoms with Crippen molar-refractivity contribution in [3.63, 3.8) is 0 Å². The molecule has 144 valence electrons. The van der Waals surface area contributed by atoms with E-state index in [-0.39, 0.29) is 14.0 Å². The van der Waals surface area contributed by atoms with Gasteiger partial charge in [0, 0.05) is 0 Å². The Morgan fingerprint density at radius 1 is 0.926 bits per heavy atom. The van der Waals surface area contributed by atoms with Crippen molar-refractivity contribution in [3.05, 3.63) is 70.3 Å². The summed E-state index contributed by atoms with van der Waals surface area (Å²) < 4.78 is 34.9. The Balaban J connectivity index is 2.62. The van der Waals surface area contributed by atoms with Gasteiger partial charge in [0.2, 0.25) is 0 Å². The summed E-state index contributed by atoms with van der Waals surface area (Å²) in [6.45, 7) is 4.24. The number of benzene rings is 2. The lowest BCUT2D eigenvalue weighted by Gasteiger charge is -2.17. The highest BCUT2D eigenvalue weighted by molar-refractivity contribution is 7.92. The van der Waals surface area contributed by atoms with Crippen molar-refractivity contribution in [2.24, 2.45) is 0 Å². The molecule has 2 aromatic carbocycles. The summed E-state index contributed by atoms with van der Waals surface area (Å²) in [5, 5.41) is 0.908. The van der Waals surface area contributed by atoms with Gasteiger partial charge in [-0.3, -0.25) is 4.55 Å². The van der Waals surface area contributed by atoms with E-state index in [0.29, 0.717) is 6.42 Å². The van der Waals surface area contributed by atoms with Crippen molar-refractivity contribution in [3.8, 4) is 0 Å². The van der Waals surface area contributed by atoms with Gasteiger partial charge in [0.05, 0.1) is 4.53 Å². The zero-order valence-corrected chi connectivity index (χ0v) is 17.9. The number of hydrogen-bond acceptors (Lipinski definition) is 2. The van der Waals surface area contributed by atoms with E-state index in [1.54, 1.807) is 0 Å². The standard InChI is InChI=1S/C22H28O3SSi/c1-3-5-12-18-13-10-11-17-20(18)21(16-6-4-2)22(26(23,24)25)27-19-14-8-7-9-15-19/h7-11,13-15,17H,3-6,12,16H2,1-2H3,(H,23,24,25). The lowest BCUT2D eigenvalue weighted by atomic mass is 9.94. The molecule has 0 saturated heterocycles. The molecule has 0 heterocycles. The molecule has 0 atom stereocenters. The van der Waals surface area contributed by atoms with E-state index >= 15 is 0 Å². The number of allylic oxidation sites excluding steroid dienone is 1. The summed E-state index contributed by atoms with van der Waals surface area (Å²) in [6, 6.07) is 17.5. The van der Waals surface area contributed by atoms with E-state index < -0.39 is 10.1 Å². The van der Waals surface area contributed by atoms with Gasteiger partial charge in [-0.15, -0.1) is 0 Å². The van der Waals surface area contributed by atoms with Crippen LogP contribution in [0.1, 0.15) is 57.1 Å². The first-order valence-electron chi connectivity index (χ1n) is 9.58. The van der Waals surface area contributed by atoms with Crippen LogP contribution in [0.3, 0.4) is 0 Å². The summed E-state index contributed by atoms with van der Waals surface area (Å²) in [5.74, 6) is 0. The van der Waals surface area contributed by atoms with Crippen LogP contribution in [0.5, 0.6) is 0 Å². The highest BCUT2D eigenvalue weighted by Crippen LogP contribution is 2.30. The van der Waals surface area contributed by atoms with Gasteiger partial charge in [0.1, 0.15) is 9.52 Å². The molecule has 0 saturated carbocycles. The van der Waals surface area contributed by atoms with Crippen LogP contribution in [0.15, 0.2) is 59.1 Å². The Kier molecular flexibility index (Phi) is 8.48. The van der Waals surface area contributed by atoms with E-state index in [1.807, 2.05) is 48.5 Å². The number of rotatable bonds is 10. The highest BCUT2D eigenvalue weighted by Gasteiger charge is 2.23. The van der Waals surface area contributed by atoms with Crippen molar-refractivity contribution < 1.29 is 13.0 Å². The van der Waals surface area contributed by atoms with Crippen molar-refractivity contribution >= 4 is 30.4 Å². The molecular weight excluding hydrogens is 372 g/mol. The Hall–Kier alpha value is -1.69. The smallest absolute Gasteiger partial charge is 0.282 e. The van der Waals surface area contributed by atoms with E-state index in [9.17, 15) is 13.0 Å². The molecule has 0 bridgehead atoms. The topological polar surface area (TPSA) is 54.4 Å². The van der Waals surface area contributed by atoms with Crippen LogP contribution in [0.25, 0.3) is 5.57 Å². The maximum absolute atomic E-state index is 12.3. The number of aryl methyl sites for hydroxylation is 1. The van der Waals surface area contributed by atoms with Crippen LogP contribution < -0.4 is 5.19 Å². The van der Waals surface area contributed by atoms with Crippen molar-refractivity contribution in [1.29, 1.82) is 0 Å². The first-order chi connectivity index (χ1) is 13.0. The summed E-state index contributed by atoms with van der Waals surface area (Å²) in [7, 11) is -4.38. The van der Waals surface area contributed by atoms with Gasteiger partial charge in [0.25, 0.3) is 10.1 Å². The highest BCUT2D eigenvalue weighted by atomic mass is 32.2. The molecule has 0 unspecified atom stereocenters. The van der Waals surface area contributed by atoms with Gasteiger partial charge in [-0.25, -0.2) is 0 Å². The number of hydrogen-bond donors (Lipinski definition) is 1. The summed E-state index contributed by atoms with van der Waals surface area (Å²) in [6.07, 6.45) is 5.55. The third-order valence-corrected chi connectivity index (χ3v) is 7.48. The van der Waals surface area contributed by atoms with E-state index in [1.165, 1.54) is 0 Å². The van der Waals surface area contributed by atoms with Crippen LogP contribution in [0.2, 0.25) is 0 Å². The Bertz CT molecular complexity index is 858. The SMILES string of the molecule is CCCCC(=C([Si]c1ccccc1)S(=O)(=O)O)c1ccccc1CCCC. The molecule has 0 fully saturated rings. The maximum atomic E-state index is 12.3. The average molecular weight is 401 g/mol. The predicted molar refractivity (Wildman–Crippen MR) is 115 cm³/mol. The fourth-order valence-electron chi connectivity index (χ4n) is 3.07. The van der Waals surface area contributed by atoms with Crippen molar-refractivity contribution in [1.82, 2.24) is 0 Å². The molecule has 2 radical (unpaired) electrons. The minimum absolute atomic E-state index is 0.0955. The molecule has 0 aliphatic rings. The average Bonchev–Trinajstić information content (AvgIpc) is 2.66. The van der Waals surface area contributed by atoms with Crippen LogP contribution >= 0.6 is 0 Å². The fourth-order valence-corrected chi connectivity index (χ4v) is 5.50. The minimum Gasteiger partial charge on any atom is -0.282 e. The first kappa shape index (κ1) is 21.6. The van der Waals surface area contributed by atoms with Gasteiger partial charge < -0.3 is 0 Å². The quantitative estimate of drug-likeness (QED) is 0.460. The van der Waals surface area contributed by atoms with E-state index in [4.69, 9.17) is 0 Å². The maximum Gasteiger partial charge on any atom is 0.286 e. The van der Waals surface area contributed by atoms with Crippen molar-refractivity contribution in [2.75, 3.05) is 0 Å². The first-order valence-corrected chi connectivity index (χ1v) is 12.0. The largest absolute Gasteiger partial charge is 0.286 e. The predicted octanol–water partition coefficient (Wildman–Crippen LogP) is 4.81. The molecular formula is C22H28O3SSi. The van der Waals surface area contributed by atoms with Gasteiger partial charge in [-0.05, 0) is 42.4 Å². The molecule has 0 aliphatic heterocycles. The summed E-state index contributed by atoms with van der Waals surface area (Å²) in [4.78, 5) is 0. The van der Waals surface area contributed by atoms with Gasteiger partial charge >= 0.3 is 0 Å². The van der Waals surface area contributed by atoms with Gasteiger partial charge in [-0.1, -0.05) is 86.5 Å².